The van der Waals surface area contributed by atoms with Crippen molar-refractivity contribution in [3.05, 3.63) is 46.1 Å². The Hall–Kier alpha value is -2.95. The number of rotatable bonds is 5. The van der Waals surface area contributed by atoms with Crippen LogP contribution in [-0.2, 0) is 11.3 Å². The maximum absolute atomic E-state index is 12.7. The van der Waals surface area contributed by atoms with Gasteiger partial charge in [-0.15, -0.1) is 17.8 Å². The summed E-state index contributed by atoms with van der Waals surface area (Å²) in [6, 6.07) is 7.14. The molecule has 0 saturated carbocycles. The average Bonchev–Trinajstić information content (AvgIpc) is 2.98. The molecule has 0 radical (unpaired) electrons. The van der Waals surface area contributed by atoms with Crippen LogP contribution in [0.25, 0.3) is 10.2 Å². The van der Waals surface area contributed by atoms with Crippen LogP contribution < -0.4 is 10.1 Å². The number of anilines is 1. The number of amides is 1. The van der Waals surface area contributed by atoms with Crippen LogP contribution in [0.5, 0.6) is 5.88 Å². The van der Waals surface area contributed by atoms with Gasteiger partial charge in [-0.05, 0) is 30.7 Å². The third-order valence-corrected chi connectivity index (χ3v) is 4.95. The van der Waals surface area contributed by atoms with Gasteiger partial charge >= 0.3 is 0 Å². The van der Waals surface area contributed by atoms with Crippen molar-refractivity contribution in [1.29, 1.82) is 0 Å². The Bertz CT molecular complexity index is 1020. The van der Waals surface area contributed by atoms with Crippen molar-refractivity contribution in [2.24, 2.45) is 0 Å². The monoisotopic (exact) mass is 367 g/mol. The van der Waals surface area contributed by atoms with Crippen molar-refractivity contribution in [3.8, 4) is 18.2 Å². The molecule has 0 saturated heterocycles. The van der Waals surface area contributed by atoms with Gasteiger partial charge in [0.2, 0.25) is 5.88 Å². The number of thiophene rings is 1. The molecule has 1 N–H and O–H groups in total. The number of methoxy groups -OCH3 is 2. The lowest BCUT2D eigenvalue weighted by atomic mass is 10.2. The Balaban J connectivity index is 2.00. The second-order valence-corrected chi connectivity index (χ2v) is 6.50. The third-order valence-electron chi connectivity index (χ3n) is 3.76. The number of carbonyl (C=O) groups is 1. The molecule has 2 heterocycles. The van der Waals surface area contributed by atoms with Crippen LogP contribution in [-0.4, -0.2) is 30.1 Å². The SMILES string of the molecule is C#Cc1cccc(NC(=O)c2sc3nc(COC)nc(OC)c3c2C)c1. The summed E-state index contributed by atoms with van der Waals surface area (Å²) in [6.07, 6.45) is 5.41. The molecular weight excluding hydrogens is 350 g/mol. The van der Waals surface area contributed by atoms with Crippen molar-refractivity contribution in [3.63, 3.8) is 0 Å². The first-order valence-electron chi connectivity index (χ1n) is 7.78. The van der Waals surface area contributed by atoms with Crippen LogP contribution in [0.3, 0.4) is 0 Å². The van der Waals surface area contributed by atoms with E-state index in [4.69, 9.17) is 15.9 Å². The number of benzene rings is 1. The summed E-state index contributed by atoms with van der Waals surface area (Å²) in [5, 5.41) is 3.61. The molecule has 0 fully saturated rings. The number of terminal acetylenes is 1. The summed E-state index contributed by atoms with van der Waals surface area (Å²) >= 11 is 1.29. The smallest absolute Gasteiger partial charge is 0.266 e. The van der Waals surface area contributed by atoms with Crippen molar-refractivity contribution in [1.82, 2.24) is 9.97 Å². The van der Waals surface area contributed by atoms with Crippen LogP contribution in [0.2, 0.25) is 0 Å². The van der Waals surface area contributed by atoms with Gasteiger partial charge in [0, 0.05) is 18.4 Å². The fraction of sp³-hybridized carbons (Fsp3) is 0.211. The standard InChI is InChI=1S/C19H17N3O3S/c1-5-12-7-6-8-13(9-12)20-17(23)16-11(2)15-18(25-4)21-14(10-24-3)22-19(15)26-16/h1,6-9H,10H2,2-4H3,(H,20,23). The summed E-state index contributed by atoms with van der Waals surface area (Å²) in [4.78, 5) is 22.8. The first kappa shape index (κ1) is 17.9. The van der Waals surface area contributed by atoms with Gasteiger partial charge in [0.05, 0.1) is 17.4 Å². The van der Waals surface area contributed by atoms with E-state index in [1.807, 2.05) is 6.92 Å². The van der Waals surface area contributed by atoms with Crippen LogP contribution in [0.1, 0.15) is 26.6 Å². The largest absolute Gasteiger partial charge is 0.480 e. The van der Waals surface area contributed by atoms with E-state index in [0.717, 1.165) is 10.9 Å². The highest BCUT2D eigenvalue weighted by Gasteiger charge is 2.21. The molecule has 0 aliphatic carbocycles. The molecule has 7 heteroatoms. The molecule has 0 bridgehead atoms. The number of fused-ring (bicyclic) bond motifs is 1. The highest BCUT2D eigenvalue weighted by molar-refractivity contribution is 7.20. The van der Waals surface area contributed by atoms with Crippen molar-refractivity contribution < 1.29 is 14.3 Å². The molecular formula is C19H17N3O3S. The van der Waals surface area contributed by atoms with Crippen molar-refractivity contribution in [2.45, 2.75) is 13.5 Å². The highest BCUT2D eigenvalue weighted by Crippen LogP contribution is 2.35. The fourth-order valence-corrected chi connectivity index (χ4v) is 3.66. The number of ether oxygens (including phenoxy) is 2. The van der Waals surface area contributed by atoms with Gasteiger partial charge in [-0.3, -0.25) is 4.79 Å². The maximum Gasteiger partial charge on any atom is 0.266 e. The Morgan fingerprint density at radius 2 is 2.15 bits per heavy atom. The number of carbonyl (C=O) groups excluding carboxylic acids is 1. The fourth-order valence-electron chi connectivity index (χ4n) is 2.58. The Morgan fingerprint density at radius 3 is 2.85 bits per heavy atom. The van der Waals surface area contributed by atoms with Crippen LogP contribution in [0.15, 0.2) is 24.3 Å². The zero-order valence-electron chi connectivity index (χ0n) is 14.6. The number of nitrogens with zero attached hydrogens (tertiary/aromatic N) is 2. The van der Waals surface area contributed by atoms with Gasteiger partial charge in [-0.2, -0.15) is 4.98 Å². The molecule has 1 amide bonds. The lowest BCUT2D eigenvalue weighted by Gasteiger charge is -2.06. The topological polar surface area (TPSA) is 73.3 Å². The Labute approximate surface area is 155 Å². The van der Waals surface area contributed by atoms with E-state index >= 15 is 0 Å². The van der Waals surface area contributed by atoms with Crippen molar-refractivity contribution >= 4 is 33.1 Å². The Morgan fingerprint density at radius 1 is 1.35 bits per heavy atom. The van der Waals surface area contributed by atoms with E-state index < -0.39 is 0 Å². The lowest BCUT2D eigenvalue weighted by Crippen LogP contribution is -2.11. The van der Waals surface area contributed by atoms with E-state index in [1.165, 1.54) is 11.3 Å². The van der Waals surface area contributed by atoms with Gasteiger partial charge < -0.3 is 14.8 Å². The number of aromatic nitrogens is 2. The zero-order valence-corrected chi connectivity index (χ0v) is 15.4. The van der Waals surface area contributed by atoms with Gasteiger partial charge in [0.1, 0.15) is 11.4 Å². The quantitative estimate of drug-likeness (QED) is 0.700. The molecule has 6 nitrogen and oxygen atoms in total. The predicted molar refractivity (Wildman–Crippen MR) is 102 cm³/mol. The summed E-state index contributed by atoms with van der Waals surface area (Å²) in [5.74, 6) is 3.27. The first-order chi connectivity index (χ1) is 12.6. The minimum atomic E-state index is -0.227. The number of hydrogen-bond donors (Lipinski definition) is 1. The van der Waals surface area contributed by atoms with Crippen LogP contribution in [0, 0.1) is 19.3 Å². The highest BCUT2D eigenvalue weighted by atomic mass is 32.1. The number of hydrogen-bond acceptors (Lipinski definition) is 6. The van der Waals surface area contributed by atoms with E-state index in [0.29, 0.717) is 32.7 Å². The normalized spacial score (nSPS) is 10.5. The van der Waals surface area contributed by atoms with E-state index in [-0.39, 0.29) is 12.5 Å². The predicted octanol–water partition coefficient (Wildman–Crippen LogP) is 3.39. The molecule has 132 valence electrons. The van der Waals surface area contributed by atoms with E-state index in [2.05, 4.69) is 21.2 Å². The molecule has 3 aromatic rings. The molecule has 2 aromatic heterocycles. The van der Waals surface area contributed by atoms with Gasteiger partial charge in [0.15, 0.2) is 5.82 Å². The van der Waals surface area contributed by atoms with Gasteiger partial charge in [-0.1, -0.05) is 12.0 Å². The minimum absolute atomic E-state index is 0.227. The molecule has 0 aliphatic rings. The molecule has 0 spiro atoms. The molecule has 0 atom stereocenters. The number of nitrogens with one attached hydrogen (secondary N) is 1. The van der Waals surface area contributed by atoms with E-state index in [9.17, 15) is 4.79 Å². The summed E-state index contributed by atoms with van der Waals surface area (Å²) < 4.78 is 10.5. The first-order valence-corrected chi connectivity index (χ1v) is 8.60. The molecule has 26 heavy (non-hydrogen) atoms. The van der Waals surface area contributed by atoms with Crippen LogP contribution >= 0.6 is 11.3 Å². The minimum Gasteiger partial charge on any atom is -0.480 e. The molecule has 0 unspecified atom stereocenters. The molecule has 0 aliphatic heterocycles. The molecule has 3 rings (SSSR count). The molecule has 1 aromatic carbocycles. The zero-order chi connectivity index (χ0) is 18.7. The Kier molecular flexibility index (Phi) is 5.16. The van der Waals surface area contributed by atoms with Gasteiger partial charge in [-0.25, -0.2) is 4.98 Å². The summed E-state index contributed by atoms with van der Waals surface area (Å²) in [6.45, 7) is 2.12. The summed E-state index contributed by atoms with van der Waals surface area (Å²) in [7, 11) is 3.11. The van der Waals surface area contributed by atoms with Crippen molar-refractivity contribution in [2.75, 3.05) is 19.5 Å². The average molecular weight is 367 g/mol. The van der Waals surface area contributed by atoms with E-state index in [1.54, 1.807) is 38.5 Å². The van der Waals surface area contributed by atoms with Crippen LogP contribution in [0.4, 0.5) is 5.69 Å². The maximum atomic E-state index is 12.7. The third kappa shape index (κ3) is 3.38. The number of aryl methyl sites for hydroxylation is 1. The second kappa shape index (κ2) is 7.52. The summed E-state index contributed by atoms with van der Waals surface area (Å²) in [5.41, 5.74) is 2.12. The van der Waals surface area contributed by atoms with Gasteiger partial charge in [0.25, 0.3) is 5.91 Å². The second-order valence-electron chi connectivity index (χ2n) is 5.50. The lowest BCUT2D eigenvalue weighted by molar-refractivity contribution is 0.103.